The van der Waals surface area contributed by atoms with Gasteiger partial charge in [-0.2, -0.15) is 0 Å². The monoisotopic (exact) mass is 415 g/mol. The third kappa shape index (κ3) is 5.37. The first-order valence-corrected chi connectivity index (χ1v) is 10.8. The van der Waals surface area contributed by atoms with Crippen LogP contribution in [0.25, 0.3) is 11.3 Å². The maximum atomic E-state index is 13.0. The summed E-state index contributed by atoms with van der Waals surface area (Å²) in [7, 11) is 0. The van der Waals surface area contributed by atoms with Crippen LogP contribution in [0.3, 0.4) is 0 Å². The maximum absolute atomic E-state index is 13.0. The number of nitrogens with zero attached hydrogens (tertiary/aromatic N) is 1. The van der Waals surface area contributed by atoms with Crippen molar-refractivity contribution in [2.24, 2.45) is 5.73 Å². The third-order valence-corrected chi connectivity index (χ3v) is 5.25. The van der Waals surface area contributed by atoms with Crippen LogP contribution in [0.4, 0.5) is 0 Å². The number of hydrogen-bond acceptors (Lipinski definition) is 3. The Labute approximate surface area is 183 Å². The largest absolute Gasteiger partial charge is 0.366 e. The van der Waals surface area contributed by atoms with E-state index < -0.39 is 5.91 Å². The van der Waals surface area contributed by atoms with Gasteiger partial charge in [0, 0.05) is 29.4 Å². The molecule has 1 aromatic heterocycles. The second kappa shape index (κ2) is 10.5. The van der Waals surface area contributed by atoms with Gasteiger partial charge >= 0.3 is 0 Å². The molecule has 3 aromatic rings. The fraction of sp³-hybridized carbons (Fsp3) is 0.269. The predicted molar refractivity (Wildman–Crippen MR) is 124 cm³/mol. The van der Waals surface area contributed by atoms with E-state index in [0.717, 1.165) is 47.2 Å². The van der Waals surface area contributed by atoms with Gasteiger partial charge in [-0.25, -0.2) is 0 Å². The molecule has 0 aliphatic carbocycles. The average Bonchev–Trinajstić information content (AvgIpc) is 2.78. The summed E-state index contributed by atoms with van der Waals surface area (Å²) >= 11 is 0. The van der Waals surface area contributed by atoms with E-state index in [4.69, 9.17) is 5.73 Å². The molecule has 3 rings (SSSR count). The van der Waals surface area contributed by atoms with Crippen LogP contribution in [-0.4, -0.2) is 16.8 Å². The molecular weight excluding hydrogens is 386 g/mol. The van der Waals surface area contributed by atoms with Gasteiger partial charge in [0.25, 0.3) is 5.91 Å². The van der Waals surface area contributed by atoms with E-state index >= 15 is 0 Å². The van der Waals surface area contributed by atoms with Gasteiger partial charge in [-0.1, -0.05) is 57.0 Å². The molecule has 5 nitrogen and oxygen atoms in total. The summed E-state index contributed by atoms with van der Waals surface area (Å²) < 4.78 is 0. The van der Waals surface area contributed by atoms with Crippen LogP contribution in [0.15, 0.2) is 60.8 Å². The van der Waals surface area contributed by atoms with Crippen LogP contribution in [0.5, 0.6) is 0 Å². The summed E-state index contributed by atoms with van der Waals surface area (Å²) in [6.07, 6.45) is 4.88. The number of benzene rings is 2. The fourth-order valence-corrected chi connectivity index (χ4v) is 3.86. The number of pyridine rings is 1. The summed E-state index contributed by atoms with van der Waals surface area (Å²) in [5.74, 6) is -0.665. The number of nitrogens with one attached hydrogen (secondary N) is 1. The van der Waals surface area contributed by atoms with Gasteiger partial charge in [0.15, 0.2) is 0 Å². The molecule has 2 aromatic carbocycles. The number of carbonyl (C=O) groups is 2. The van der Waals surface area contributed by atoms with Gasteiger partial charge in [-0.3, -0.25) is 14.6 Å². The average molecular weight is 416 g/mol. The van der Waals surface area contributed by atoms with Crippen LogP contribution in [0, 0.1) is 0 Å². The molecule has 0 bridgehead atoms. The van der Waals surface area contributed by atoms with Crippen molar-refractivity contribution >= 4 is 11.8 Å². The molecule has 5 heteroatoms. The van der Waals surface area contributed by atoms with Crippen molar-refractivity contribution in [2.75, 3.05) is 0 Å². The van der Waals surface area contributed by atoms with E-state index in [1.807, 2.05) is 61.5 Å². The number of nitrogens with two attached hydrogens (primary N) is 1. The smallest absolute Gasteiger partial charge is 0.251 e. The number of rotatable bonds is 9. The lowest BCUT2D eigenvalue weighted by atomic mass is 9.90. The van der Waals surface area contributed by atoms with Crippen molar-refractivity contribution in [3.8, 4) is 11.3 Å². The molecular formula is C26H29N3O2. The summed E-state index contributed by atoms with van der Waals surface area (Å²) in [6, 6.07) is 17.4. The van der Waals surface area contributed by atoms with Gasteiger partial charge in [0.2, 0.25) is 5.91 Å². The molecule has 2 amide bonds. The van der Waals surface area contributed by atoms with E-state index in [9.17, 15) is 9.59 Å². The molecule has 0 aliphatic rings. The Morgan fingerprint density at radius 3 is 2.45 bits per heavy atom. The molecule has 160 valence electrons. The highest BCUT2D eigenvalue weighted by Gasteiger charge is 2.20. The Morgan fingerprint density at radius 2 is 1.77 bits per heavy atom. The predicted octanol–water partition coefficient (Wildman–Crippen LogP) is 4.68. The summed E-state index contributed by atoms with van der Waals surface area (Å²) in [6.45, 7) is 4.47. The van der Waals surface area contributed by atoms with Crippen molar-refractivity contribution < 1.29 is 9.59 Å². The minimum absolute atomic E-state index is 0.197. The first-order valence-electron chi connectivity index (χ1n) is 10.8. The maximum Gasteiger partial charge on any atom is 0.251 e. The number of primary amides is 1. The number of aromatic nitrogens is 1. The van der Waals surface area contributed by atoms with Gasteiger partial charge < -0.3 is 11.1 Å². The minimum atomic E-state index is -0.468. The van der Waals surface area contributed by atoms with Crippen molar-refractivity contribution in [1.29, 1.82) is 0 Å². The van der Waals surface area contributed by atoms with Gasteiger partial charge in [-0.15, -0.1) is 0 Å². The lowest BCUT2D eigenvalue weighted by Gasteiger charge is -2.16. The van der Waals surface area contributed by atoms with E-state index in [0.29, 0.717) is 24.1 Å². The standard InChI is InChI=1S/C26H29N3O2/c1-3-8-19-13-14-22(21(9-4-2)24(19)25(27)30)26(31)29-17-18-10-7-11-20(16-18)23-12-5-6-15-28-23/h5-7,10-16H,3-4,8-9,17H2,1-2H3,(H2,27,30)(H,29,31). The SMILES string of the molecule is CCCc1ccc(C(=O)NCc2cccc(-c3ccccn3)c2)c(CCC)c1C(N)=O. The summed E-state index contributed by atoms with van der Waals surface area (Å²) in [5, 5.41) is 3.00. The normalized spacial score (nSPS) is 10.6. The quantitative estimate of drug-likeness (QED) is 0.532. The number of hydrogen-bond donors (Lipinski definition) is 2. The third-order valence-electron chi connectivity index (χ3n) is 5.25. The van der Waals surface area contributed by atoms with Crippen LogP contribution < -0.4 is 11.1 Å². The zero-order chi connectivity index (χ0) is 22.2. The Hall–Kier alpha value is -3.47. The fourth-order valence-electron chi connectivity index (χ4n) is 3.86. The Kier molecular flexibility index (Phi) is 7.55. The van der Waals surface area contributed by atoms with Crippen LogP contribution >= 0.6 is 0 Å². The molecule has 31 heavy (non-hydrogen) atoms. The zero-order valence-electron chi connectivity index (χ0n) is 18.2. The number of aryl methyl sites for hydroxylation is 1. The molecule has 1 heterocycles. The van der Waals surface area contributed by atoms with Crippen molar-refractivity contribution in [1.82, 2.24) is 10.3 Å². The first kappa shape index (κ1) is 22.2. The molecule has 3 N–H and O–H groups in total. The van der Waals surface area contributed by atoms with E-state index in [1.165, 1.54) is 0 Å². The molecule has 0 aliphatic heterocycles. The summed E-state index contributed by atoms with van der Waals surface area (Å²) in [4.78, 5) is 29.6. The topological polar surface area (TPSA) is 85.1 Å². The van der Waals surface area contributed by atoms with Gasteiger partial charge in [-0.05, 0) is 53.8 Å². The van der Waals surface area contributed by atoms with Gasteiger partial charge in [0.1, 0.15) is 0 Å². The van der Waals surface area contributed by atoms with Crippen molar-refractivity contribution in [3.63, 3.8) is 0 Å². The van der Waals surface area contributed by atoms with Crippen molar-refractivity contribution in [2.45, 2.75) is 46.1 Å². The molecule has 0 fully saturated rings. The molecule has 0 unspecified atom stereocenters. The lowest BCUT2D eigenvalue weighted by Crippen LogP contribution is -2.26. The summed E-state index contributed by atoms with van der Waals surface area (Å²) in [5.41, 5.74) is 11.3. The molecule has 0 spiro atoms. The Bertz CT molecular complexity index is 1060. The lowest BCUT2D eigenvalue weighted by molar-refractivity contribution is 0.0950. The second-order valence-corrected chi connectivity index (χ2v) is 7.59. The highest BCUT2D eigenvalue weighted by molar-refractivity contribution is 6.02. The van der Waals surface area contributed by atoms with Gasteiger partial charge in [0.05, 0.1) is 5.69 Å². The van der Waals surface area contributed by atoms with E-state index in [-0.39, 0.29) is 5.91 Å². The zero-order valence-corrected chi connectivity index (χ0v) is 18.2. The highest BCUT2D eigenvalue weighted by Crippen LogP contribution is 2.23. The van der Waals surface area contributed by atoms with E-state index in [2.05, 4.69) is 17.2 Å². The Balaban J connectivity index is 1.84. The second-order valence-electron chi connectivity index (χ2n) is 7.59. The first-order chi connectivity index (χ1) is 15.0. The number of carbonyl (C=O) groups excluding carboxylic acids is 2. The molecule has 0 saturated carbocycles. The van der Waals surface area contributed by atoms with Crippen LogP contribution in [0.2, 0.25) is 0 Å². The van der Waals surface area contributed by atoms with Crippen LogP contribution in [0.1, 0.15) is 64.1 Å². The minimum Gasteiger partial charge on any atom is -0.366 e. The van der Waals surface area contributed by atoms with Crippen molar-refractivity contribution in [3.05, 3.63) is 88.6 Å². The highest BCUT2D eigenvalue weighted by atomic mass is 16.2. The number of amides is 2. The molecule has 0 saturated heterocycles. The molecule has 0 atom stereocenters. The Morgan fingerprint density at radius 1 is 0.968 bits per heavy atom. The molecule has 0 radical (unpaired) electrons. The van der Waals surface area contributed by atoms with Crippen LogP contribution in [-0.2, 0) is 19.4 Å². The van der Waals surface area contributed by atoms with E-state index in [1.54, 1.807) is 6.20 Å².